The van der Waals surface area contributed by atoms with E-state index in [0.717, 1.165) is 4.90 Å². The van der Waals surface area contributed by atoms with Crippen molar-refractivity contribution < 1.29 is 19.5 Å². The number of pyridine rings is 1. The molecule has 1 aliphatic heterocycles. The van der Waals surface area contributed by atoms with Crippen molar-refractivity contribution in [2.45, 2.75) is 0 Å². The van der Waals surface area contributed by atoms with E-state index in [-0.39, 0.29) is 11.3 Å². The molecule has 0 unspecified atom stereocenters. The van der Waals surface area contributed by atoms with Crippen molar-refractivity contribution in [2.24, 2.45) is 0 Å². The van der Waals surface area contributed by atoms with Crippen LogP contribution < -0.4 is 10.2 Å². The molecule has 1 aliphatic rings. The average molecular weight is 435 g/mol. The Kier molecular flexibility index (Phi) is 4.30. The van der Waals surface area contributed by atoms with Crippen LogP contribution in [0.1, 0.15) is 5.56 Å². The number of nitrogens with one attached hydrogen (secondary N) is 1. The van der Waals surface area contributed by atoms with Gasteiger partial charge in [-0.2, -0.15) is 0 Å². The number of halogens is 1. The fraction of sp³-hybridized carbons (Fsp3) is 0. The summed E-state index contributed by atoms with van der Waals surface area (Å²) >= 11 is 1.94. The number of anilines is 1. The molecule has 1 fully saturated rings. The Labute approximate surface area is 150 Å². The number of nitrogens with zero attached hydrogens (tertiary/aromatic N) is 2. The smallest absolute Gasteiger partial charge is 0.335 e. The molecule has 0 radical (unpaired) electrons. The Morgan fingerprint density at radius 2 is 1.83 bits per heavy atom. The molecule has 2 heterocycles. The third kappa shape index (κ3) is 3.00. The van der Waals surface area contributed by atoms with Crippen LogP contribution in [0, 0.1) is 3.57 Å². The third-order valence-electron chi connectivity index (χ3n) is 3.31. The highest BCUT2D eigenvalue weighted by Gasteiger charge is 2.36. The number of imide groups is 2. The first kappa shape index (κ1) is 16.1. The molecule has 0 saturated carbocycles. The topological polar surface area (TPSA) is 99.6 Å². The molecule has 0 atom stereocenters. The molecule has 0 bridgehead atoms. The van der Waals surface area contributed by atoms with Crippen molar-refractivity contribution in [2.75, 3.05) is 4.90 Å². The Morgan fingerprint density at radius 1 is 1.12 bits per heavy atom. The summed E-state index contributed by atoms with van der Waals surface area (Å²) in [6, 6.07) is 6.83. The molecule has 0 spiro atoms. The van der Waals surface area contributed by atoms with Crippen molar-refractivity contribution >= 4 is 52.2 Å². The highest BCUT2D eigenvalue weighted by molar-refractivity contribution is 14.1. The molecule has 4 amide bonds. The normalized spacial score (nSPS) is 16.5. The van der Waals surface area contributed by atoms with Crippen molar-refractivity contribution in [1.82, 2.24) is 10.3 Å². The lowest BCUT2D eigenvalue weighted by Crippen LogP contribution is -2.54. The molecule has 2 N–H and O–H groups in total. The monoisotopic (exact) mass is 435 g/mol. The van der Waals surface area contributed by atoms with Gasteiger partial charge in [-0.05, 0) is 58.5 Å². The predicted octanol–water partition coefficient (Wildman–Crippen LogP) is 2.06. The number of amides is 4. The van der Waals surface area contributed by atoms with Crippen LogP contribution in [-0.2, 0) is 9.59 Å². The van der Waals surface area contributed by atoms with E-state index in [1.54, 1.807) is 12.1 Å². The first-order valence-corrected chi connectivity index (χ1v) is 7.85. The summed E-state index contributed by atoms with van der Waals surface area (Å²) in [6.45, 7) is 0. The van der Waals surface area contributed by atoms with E-state index >= 15 is 0 Å². The van der Waals surface area contributed by atoms with Crippen molar-refractivity contribution in [3.05, 3.63) is 57.4 Å². The van der Waals surface area contributed by atoms with Crippen LogP contribution in [0.15, 0.2) is 48.3 Å². The average Bonchev–Trinajstić information content (AvgIpc) is 2.55. The van der Waals surface area contributed by atoms with Gasteiger partial charge >= 0.3 is 6.03 Å². The summed E-state index contributed by atoms with van der Waals surface area (Å²) in [5, 5.41) is 11.7. The lowest BCUT2D eigenvalue weighted by Gasteiger charge is -2.26. The number of hydrogen-bond donors (Lipinski definition) is 2. The van der Waals surface area contributed by atoms with Crippen molar-refractivity contribution in [3.8, 4) is 5.75 Å². The second kappa shape index (κ2) is 6.40. The number of rotatable bonds is 2. The van der Waals surface area contributed by atoms with E-state index in [1.165, 1.54) is 36.7 Å². The van der Waals surface area contributed by atoms with Gasteiger partial charge in [0.15, 0.2) is 0 Å². The highest BCUT2D eigenvalue weighted by atomic mass is 127. The minimum absolute atomic E-state index is 0.103. The van der Waals surface area contributed by atoms with Crippen LogP contribution in [0.2, 0.25) is 0 Å². The highest BCUT2D eigenvalue weighted by Crippen LogP contribution is 2.24. The fourth-order valence-electron chi connectivity index (χ4n) is 2.16. The van der Waals surface area contributed by atoms with Gasteiger partial charge in [-0.25, -0.2) is 9.69 Å². The van der Waals surface area contributed by atoms with Crippen LogP contribution in [0.3, 0.4) is 0 Å². The number of hydrogen-bond acceptors (Lipinski definition) is 5. The molecule has 0 aliphatic carbocycles. The Balaban J connectivity index is 2.02. The maximum Gasteiger partial charge on any atom is 0.335 e. The van der Waals surface area contributed by atoms with Gasteiger partial charge < -0.3 is 5.11 Å². The molecule has 1 aromatic heterocycles. The number of aromatic hydroxyl groups is 1. The number of carbonyl (C=O) groups is 3. The van der Waals surface area contributed by atoms with E-state index in [2.05, 4.69) is 10.3 Å². The van der Waals surface area contributed by atoms with Gasteiger partial charge in [-0.3, -0.25) is 19.9 Å². The van der Waals surface area contributed by atoms with Gasteiger partial charge in [0, 0.05) is 12.4 Å². The van der Waals surface area contributed by atoms with Gasteiger partial charge in [0.1, 0.15) is 11.3 Å². The number of phenolic OH excluding ortho intramolecular Hbond substituents is 1. The Morgan fingerprint density at radius 3 is 2.50 bits per heavy atom. The molecule has 8 heteroatoms. The van der Waals surface area contributed by atoms with Crippen molar-refractivity contribution in [1.29, 1.82) is 0 Å². The largest absolute Gasteiger partial charge is 0.507 e. The molecular formula is C16H10IN3O4. The minimum atomic E-state index is -0.811. The number of carbonyl (C=O) groups excluding carboxylic acids is 3. The van der Waals surface area contributed by atoms with Crippen LogP contribution >= 0.6 is 22.6 Å². The summed E-state index contributed by atoms with van der Waals surface area (Å²) in [7, 11) is 0. The fourth-order valence-corrected chi connectivity index (χ4v) is 2.70. The maximum atomic E-state index is 12.6. The molecular weight excluding hydrogens is 425 g/mol. The summed E-state index contributed by atoms with van der Waals surface area (Å²) < 4.78 is 0.577. The Hall–Kier alpha value is -2.75. The van der Waals surface area contributed by atoms with E-state index in [4.69, 9.17) is 0 Å². The van der Waals surface area contributed by atoms with Gasteiger partial charge in [-0.15, -0.1) is 0 Å². The van der Waals surface area contributed by atoms with Gasteiger partial charge in [-0.1, -0.05) is 6.07 Å². The number of urea groups is 1. The third-order valence-corrected chi connectivity index (χ3v) is 4.17. The first-order valence-electron chi connectivity index (χ1n) is 6.77. The number of barbiturate groups is 1. The van der Waals surface area contributed by atoms with E-state index in [9.17, 15) is 19.5 Å². The summed E-state index contributed by atoms with van der Waals surface area (Å²) in [5.74, 6) is -1.39. The zero-order valence-corrected chi connectivity index (χ0v) is 14.2. The van der Waals surface area contributed by atoms with Gasteiger partial charge in [0.25, 0.3) is 11.8 Å². The van der Waals surface area contributed by atoms with Crippen LogP contribution in [0.5, 0.6) is 5.75 Å². The maximum absolute atomic E-state index is 12.6. The van der Waals surface area contributed by atoms with Gasteiger partial charge in [0.2, 0.25) is 0 Å². The number of phenols is 1. The molecule has 1 aromatic carbocycles. The summed E-state index contributed by atoms with van der Waals surface area (Å²) in [6.07, 6.45) is 4.26. The summed E-state index contributed by atoms with van der Waals surface area (Å²) in [5.41, 5.74) is 0.693. The lowest BCUT2D eigenvalue weighted by molar-refractivity contribution is -0.122. The molecule has 3 rings (SSSR count). The van der Waals surface area contributed by atoms with Crippen LogP contribution in [-0.4, -0.2) is 27.9 Å². The van der Waals surface area contributed by atoms with Crippen molar-refractivity contribution in [3.63, 3.8) is 0 Å². The Bertz CT molecular complexity index is 880. The first-order chi connectivity index (χ1) is 11.5. The minimum Gasteiger partial charge on any atom is -0.507 e. The molecule has 2 aromatic rings. The zero-order valence-electron chi connectivity index (χ0n) is 12.1. The zero-order chi connectivity index (χ0) is 17.3. The molecule has 24 heavy (non-hydrogen) atoms. The SMILES string of the molecule is O=C1NC(=O)N(c2ccncc2)C(=O)/C1=C/c1ccc(O)c(I)c1. The van der Waals surface area contributed by atoms with Gasteiger partial charge in [0.05, 0.1) is 9.26 Å². The molecule has 1 saturated heterocycles. The molecule has 7 nitrogen and oxygen atoms in total. The number of benzene rings is 1. The number of aromatic nitrogens is 1. The second-order valence-electron chi connectivity index (χ2n) is 4.87. The van der Waals surface area contributed by atoms with Crippen LogP contribution in [0.25, 0.3) is 6.08 Å². The summed E-state index contributed by atoms with van der Waals surface area (Å²) in [4.78, 5) is 41.4. The van der Waals surface area contributed by atoms with E-state index < -0.39 is 17.8 Å². The standard InChI is InChI=1S/C16H10IN3O4/c17-12-8-9(1-2-13(12)21)7-11-14(22)19-16(24)20(15(11)23)10-3-5-18-6-4-10/h1-8,21H,(H,19,22,24)/b11-7+. The van der Waals surface area contributed by atoms with Crippen LogP contribution in [0.4, 0.5) is 10.5 Å². The second-order valence-corrected chi connectivity index (χ2v) is 6.04. The van der Waals surface area contributed by atoms with E-state index in [0.29, 0.717) is 14.8 Å². The lowest BCUT2D eigenvalue weighted by atomic mass is 10.1. The molecule has 120 valence electrons. The van der Waals surface area contributed by atoms with E-state index in [1.807, 2.05) is 22.6 Å². The predicted molar refractivity (Wildman–Crippen MR) is 94.1 cm³/mol. The quantitative estimate of drug-likeness (QED) is 0.428.